The van der Waals surface area contributed by atoms with Crippen molar-refractivity contribution in [1.29, 1.82) is 0 Å². The van der Waals surface area contributed by atoms with Gasteiger partial charge in [-0.05, 0) is 57.9 Å². The molecule has 0 aromatic heterocycles. The number of carbonyl (C=O) groups excluding carboxylic acids is 2. The van der Waals surface area contributed by atoms with Gasteiger partial charge in [0.2, 0.25) is 0 Å². The van der Waals surface area contributed by atoms with Crippen LogP contribution in [0.3, 0.4) is 0 Å². The maximum Gasteiger partial charge on any atom is 0.329 e. The lowest BCUT2D eigenvalue weighted by Crippen LogP contribution is -2.32. The van der Waals surface area contributed by atoms with Gasteiger partial charge >= 0.3 is 11.8 Å². The molecule has 0 radical (unpaired) electrons. The van der Waals surface area contributed by atoms with Crippen molar-refractivity contribution in [3.63, 3.8) is 0 Å². The highest BCUT2D eigenvalue weighted by Gasteiger charge is 2.16. The monoisotopic (exact) mass is 551 g/mol. The molecule has 0 unspecified atom stereocenters. The lowest BCUT2D eigenvalue weighted by molar-refractivity contribution is -0.136. The first-order chi connectivity index (χ1) is 16.3. The van der Waals surface area contributed by atoms with Crippen LogP contribution in [0, 0.1) is 11.6 Å². The number of halogens is 4. The number of amides is 2. The van der Waals surface area contributed by atoms with Crippen molar-refractivity contribution < 1.29 is 27.8 Å². The average molecular weight is 553 g/mol. The molecule has 0 aliphatic heterocycles. The Bertz CT molecular complexity index is 1240. The summed E-state index contributed by atoms with van der Waals surface area (Å²) in [4.78, 5) is 23.8. The molecule has 7 nitrogen and oxygen atoms in total. The molecular weight excluding hydrogens is 536 g/mol. The Morgan fingerprint density at radius 1 is 1.09 bits per heavy atom. The van der Waals surface area contributed by atoms with E-state index in [1.54, 1.807) is 18.2 Å². The number of para-hydroxylation sites is 1. The quantitative estimate of drug-likeness (QED) is 0.244. The molecule has 34 heavy (non-hydrogen) atoms. The maximum atomic E-state index is 14.0. The SMILES string of the molecule is COc1cc(C=NNC(=O)C(=O)Nc2ccccc2F)cc(Br)c1OCc1c(F)cccc1Cl. The van der Waals surface area contributed by atoms with E-state index in [1.165, 1.54) is 43.7 Å². The average Bonchev–Trinajstić information content (AvgIpc) is 2.80. The molecule has 0 aliphatic carbocycles. The van der Waals surface area contributed by atoms with Crippen molar-refractivity contribution in [3.8, 4) is 11.5 Å². The van der Waals surface area contributed by atoms with Crippen molar-refractivity contribution in [2.24, 2.45) is 5.10 Å². The van der Waals surface area contributed by atoms with Gasteiger partial charge in [-0.25, -0.2) is 14.2 Å². The summed E-state index contributed by atoms with van der Waals surface area (Å²) in [5.41, 5.74) is 2.60. The molecule has 11 heteroatoms. The molecule has 2 N–H and O–H groups in total. The predicted octanol–water partition coefficient (Wildman–Crippen LogP) is 5.06. The first kappa shape index (κ1) is 25.1. The fraction of sp³-hybridized carbons (Fsp3) is 0.0870. The Kier molecular flexibility index (Phi) is 8.55. The second-order valence-electron chi connectivity index (χ2n) is 6.66. The number of rotatable bonds is 7. The lowest BCUT2D eigenvalue weighted by Gasteiger charge is -2.14. The molecule has 3 aromatic carbocycles. The van der Waals surface area contributed by atoms with Crippen molar-refractivity contribution >= 4 is 51.2 Å². The van der Waals surface area contributed by atoms with Crippen LogP contribution in [-0.2, 0) is 16.2 Å². The fourth-order valence-electron chi connectivity index (χ4n) is 2.73. The van der Waals surface area contributed by atoms with Crippen LogP contribution < -0.4 is 20.2 Å². The Morgan fingerprint density at radius 2 is 1.82 bits per heavy atom. The zero-order valence-corrected chi connectivity index (χ0v) is 19.9. The second-order valence-corrected chi connectivity index (χ2v) is 7.92. The molecule has 176 valence electrons. The third-order valence-electron chi connectivity index (χ3n) is 4.38. The topological polar surface area (TPSA) is 89.0 Å². The van der Waals surface area contributed by atoms with Gasteiger partial charge in [-0.1, -0.05) is 29.8 Å². The Labute approximate surface area is 206 Å². The lowest BCUT2D eigenvalue weighted by atomic mass is 10.2. The van der Waals surface area contributed by atoms with E-state index in [1.807, 2.05) is 0 Å². The zero-order valence-electron chi connectivity index (χ0n) is 17.6. The number of hydrogen-bond acceptors (Lipinski definition) is 5. The van der Waals surface area contributed by atoms with E-state index in [4.69, 9.17) is 21.1 Å². The summed E-state index contributed by atoms with van der Waals surface area (Å²) in [5.74, 6) is -2.76. The number of nitrogens with zero attached hydrogens (tertiary/aromatic N) is 1. The number of ether oxygens (including phenoxy) is 2. The van der Waals surface area contributed by atoms with Crippen molar-refractivity contribution in [1.82, 2.24) is 5.43 Å². The highest BCUT2D eigenvalue weighted by molar-refractivity contribution is 9.10. The molecule has 0 fully saturated rings. The first-order valence-electron chi connectivity index (χ1n) is 9.62. The Hall–Kier alpha value is -3.50. The van der Waals surface area contributed by atoms with Gasteiger partial charge in [0.1, 0.15) is 18.2 Å². The third kappa shape index (κ3) is 6.30. The summed E-state index contributed by atoms with van der Waals surface area (Å²) < 4.78 is 39.1. The number of methoxy groups -OCH3 is 1. The summed E-state index contributed by atoms with van der Waals surface area (Å²) in [7, 11) is 1.42. The number of hydrazone groups is 1. The van der Waals surface area contributed by atoms with E-state index in [0.29, 0.717) is 21.5 Å². The van der Waals surface area contributed by atoms with E-state index >= 15 is 0 Å². The second kappa shape index (κ2) is 11.6. The summed E-state index contributed by atoms with van der Waals surface area (Å²) >= 11 is 9.39. The number of anilines is 1. The number of nitrogens with one attached hydrogen (secondary N) is 2. The van der Waals surface area contributed by atoms with Gasteiger partial charge in [-0.2, -0.15) is 5.10 Å². The van der Waals surface area contributed by atoms with Crippen molar-refractivity contribution in [2.75, 3.05) is 12.4 Å². The summed E-state index contributed by atoms with van der Waals surface area (Å²) in [6.07, 6.45) is 1.26. The summed E-state index contributed by atoms with van der Waals surface area (Å²) in [5, 5.41) is 6.11. The normalized spacial score (nSPS) is 10.7. The van der Waals surface area contributed by atoms with Gasteiger partial charge in [0, 0.05) is 5.56 Å². The van der Waals surface area contributed by atoms with Crippen LogP contribution in [0.4, 0.5) is 14.5 Å². The van der Waals surface area contributed by atoms with Crippen LogP contribution in [0.2, 0.25) is 5.02 Å². The number of benzene rings is 3. The minimum absolute atomic E-state index is 0.132. The van der Waals surface area contributed by atoms with Gasteiger partial charge in [-0.15, -0.1) is 0 Å². The van der Waals surface area contributed by atoms with Gasteiger partial charge in [-0.3, -0.25) is 9.59 Å². The van der Waals surface area contributed by atoms with Gasteiger partial charge in [0.15, 0.2) is 11.5 Å². The molecule has 3 rings (SSSR count). The van der Waals surface area contributed by atoms with Crippen LogP contribution in [0.15, 0.2) is 64.2 Å². The van der Waals surface area contributed by atoms with Gasteiger partial charge < -0.3 is 14.8 Å². The van der Waals surface area contributed by atoms with E-state index in [2.05, 4.69) is 31.8 Å². The van der Waals surface area contributed by atoms with Crippen LogP contribution in [-0.4, -0.2) is 25.1 Å². The van der Waals surface area contributed by atoms with Crippen molar-refractivity contribution in [2.45, 2.75) is 6.61 Å². The molecule has 3 aromatic rings. The van der Waals surface area contributed by atoms with Gasteiger partial charge in [0.25, 0.3) is 0 Å². The minimum Gasteiger partial charge on any atom is -0.493 e. The minimum atomic E-state index is -1.09. The van der Waals surface area contributed by atoms with E-state index in [9.17, 15) is 18.4 Å². The number of carbonyl (C=O) groups is 2. The molecule has 0 bridgehead atoms. The molecular formula is C23H17BrClF2N3O4. The summed E-state index contributed by atoms with van der Waals surface area (Å²) in [6, 6.07) is 12.9. The Balaban J connectivity index is 1.66. The Morgan fingerprint density at radius 3 is 2.53 bits per heavy atom. The van der Waals surface area contributed by atoms with E-state index in [-0.39, 0.29) is 22.9 Å². The van der Waals surface area contributed by atoms with E-state index < -0.39 is 23.4 Å². The smallest absolute Gasteiger partial charge is 0.329 e. The van der Waals surface area contributed by atoms with Crippen LogP contribution in [0.1, 0.15) is 11.1 Å². The highest BCUT2D eigenvalue weighted by Crippen LogP contribution is 2.37. The zero-order chi connectivity index (χ0) is 24.7. The summed E-state index contributed by atoms with van der Waals surface area (Å²) in [6.45, 7) is -0.138. The van der Waals surface area contributed by atoms with Crippen LogP contribution in [0.5, 0.6) is 11.5 Å². The van der Waals surface area contributed by atoms with E-state index in [0.717, 1.165) is 6.07 Å². The molecule has 0 saturated heterocycles. The number of hydrogen-bond donors (Lipinski definition) is 2. The van der Waals surface area contributed by atoms with Gasteiger partial charge in [0.05, 0.1) is 28.5 Å². The van der Waals surface area contributed by atoms with Crippen LogP contribution in [0.25, 0.3) is 0 Å². The highest BCUT2D eigenvalue weighted by atomic mass is 79.9. The molecule has 2 amide bonds. The largest absolute Gasteiger partial charge is 0.493 e. The standard InChI is InChI=1S/C23H17BrClF2N3O4/c1-33-20-10-13(9-15(24)21(20)34-12-14-16(25)5-4-7-17(14)26)11-28-30-23(32)22(31)29-19-8-3-2-6-18(19)27/h2-11H,12H2,1H3,(H,29,31)(H,30,32). The molecule has 0 spiro atoms. The van der Waals surface area contributed by atoms with Crippen LogP contribution >= 0.6 is 27.5 Å². The molecule has 0 saturated carbocycles. The molecule has 0 atom stereocenters. The first-order valence-corrected chi connectivity index (χ1v) is 10.8. The van der Waals surface area contributed by atoms with Crippen molar-refractivity contribution in [3.05, 3.63) is 86.9 Å². The molecule has 0 heterocycles. The molecule has 0 aliphatic rings. The maximum absolute atomic E-state index is 14.0. The predicted molar refractivity (Wildman–Crippen MR) is 127 cm³/mol. The third-order valence-corrected chi connectivity index (χ3v) is 5.33. The fourth-order valence-corrected chi connectivity index (χ4v) is 3.52.